The quantitative estimate of drug-likeness (QED) is 0.404. The van der Waals surface area contributed by atoms with E-state index in [2.05, 4.69) is 148 Å². The van der Waals surface area contributed by atoms with Crippen molar-refractivity contribution >= 4 is 0 Å². The fourth-order valence-electron chi connectivity index (χ4n) is 5.63. The zero-order valence-corrected chi connectivity index (χ0v) is 26.4. The molecular weight excluding hydrogens is 420 g/mol. The van der Waals surface area contributed by atoms with E-state index in [1.165, 1.54) is 38.9 Å². The first-order valence-electron chi connectivity index (χ1n) is 13.6. The Morgan fingerprint density at radius 3 is 1.00 bits per heavy atom. The topological polar surface area (TPSA) is 0 Å². The van der Waals surface area contributed by atoms with Gasteiger partial charge in [0, 0.05) is 5.41 Å². The summed E-state index contributed by atoms with van der Waals surface area (Å²) in [5.74, 6) is 0. The largest absolute Gasteiger partial charge is 0.0616 e. The summed E-state index contributed by atoms with van der Waals surface area (Å²) in [7, 11) is 0. The van der Waals surface area contributed by atoms with Gasteiger partial charge >= 0.3 is 0 Å². The Kier molecular flexibility index (Phi) is 7.44. The molecule has 35 heavy (non-hydrogen) atoms. The van der Waals surface area contributed by atoms with Gasteiger partial charge in [-0.15, -0.1) is 0 Å². The molecule has 0 saturated carbocycles. The minimum atomic E-state index is -0.136. The van der Waals surface area contributed by atoms with E-state index >= 15 is 0 Å². The van der Waals surface area contributed by atoms with Crippen molar-refractivity contribution in [2.75, 3.05) is 0 Å². The highest BCUT2D eigenvalue weighted by Gasteiger charge is 2.38. The van der Waals surface area contributed by atoms with Crippen LogP contribution in [0.4, 0.5) is 0 Å². The Morgan fingerprint density at radius 2 is 0.657 bits per heavy atom. The van der Waals surface area contributed by atoms with Gasteiger partial charge < -0.3 is 0 Å². The van der Waals surface area contributed by atoms with Crippen LogP contribution in [0.2, 0.25) is 0 Å². The molecule has 0 heterocycles. The van der Waals surface area contributed by atoms with Crippen molar-refractivity contribution in [3.8, 4) is 0 Å². The van der Waals surface area contributed by atoms with Crippen LogP contribution in [0, 0.1) is 0 Å². The Hall–Kier alpha value is -1.56. The average molecular weight is 477 g/mol. The molecule has 2 rings (SSSR count). The second-order valence-electron chi connectivity index (χ2n) is 16.5. The monoisotopic (exact) mass is 476 g/mol. The molecule has 0 unspecified atom stereocenters. The van der Waals surface area contributed by atoms with Gasteiger partial charge in [-0.25, -0.2) is 0 Å². The van der Waals surface area contributed by atoms with E-state index in [1.54, 1.807) is 0 Å². The smallest absolute Gasteiger partial charge is 0.0152 e. The van der Waals surface area contributed by atoms with E-state index in [4.69, 9.17) is 0 Å². The van der Waals surface area contributed by atoms with Crippen molar-refractivity contribution in [1.82, 2.24) is 0 Å². The fraction of sp³-hybridized carbons (Fsp3) is 0.657. The van der Waals surface area contributed by atoms with Gasteiger partial charge in [0.2, 0.25) is 0 Å². The van der Waals surface area contributed by atoms with Crippen LogP contribution < -0.4 is 0 Å². The number of hydrogen-bond acceptors (Lipinski definition) is 0. The van der Waals surface area contributed by atoms with Gasteiger partial charge in [0.15, 0.2) is 0 Å². The number of benzene rings is 2. The van der Waals surface area contributed by atoms with E-state index in [9.17, 15) is 0 Å². The first-order valence-corrected chi connectivity index (χ1v) is 13.6. The van der Waals surface area contributed by atoms with E-state index in [0.29, 0.717) is 0 Å². The molecule has 0 radical (unpaired) electrons. The van der Waals surface area contributed by atoms with Crippen LogP contribution in [-0.4, -0.2) is 0 Å². The molecule has 0 saturated heterocycles. The molecule has 0 N–H and O–H groups in total. The highest BCUT2D eigenvalue weighted by molar-refractivity contribution is 5.56. The van der Waals surface area contributed by atoms with Crippen molar-refractivity contribution in [1.29, 1.82) is 0 Å². The van der Waals surface area contributed by atoms with E-state index in [0.717, 1.165) is 0 Å². The highest BCUT2D eigenvalue weighted by atomic mass is 14.4. The fourth-order valence-corrected chi connectivity index (χ4v) is 5.63. The van der Waals surface area contributed by atoms with Gasteiger partial charge in [-0.2, -0.15) is 0 Å². The first kappa shape index (κ1) is 29.7. The molecule has 0 aromatic heterocycles. The molecule has 196 valence electrons. The third kappa shape index (κ3) is 6.06. The van der Waals surface area contributed by atoms with E-state index < -0.39 is 0 Å². The maximum atomic E-state index is 2.58. The second kappa shape index (κ2) is 8.78. The second-order valence-corrected chi connectivity index (χ2v) is 16.5. The lowest BCUT2D eigenvalue weighted by atomic mass is 9.62. The Labute approximate surface area is 219 Å². The molecule has 0 aliphatic rings. The van der Waals surface area contributed by atoms with Crippen LogP contribution in [-0.2, 0) is 32.5 Å². The van der Waals surface area contributed by atoms with Gasteiger partial charge in [0.25, 0.3) is 0 Å². The summed E-state index contributed by atoms with van der Waals surface area (Å²) >= 11 is 0. The molecule has 0 aliphatic carbocycles. The van der Waals surface area contributed by atoms with E-state index in [-0.39, 0.29) is 32.5 Å². The van der Waals surface area contributed by atoms with Gasteiger partial charge in [0.05, 0.1) is 0 Å². The molecule has 2 aromatic rings. The molecule has 0 heteroatoms. The van der Waals surface area contributed by atoms with Crippen LogP contribution in [0.15, 0.2) is 30.3 Å². The zero-order valence-electron chi connectivity index (χ0n) is 26.4. The van der Waals surface area contributed by atoms with Crippen LogP contribution in [0.5, 0.6) is 0 Å². The SMILES string of the molecule is CC(C)(C)c1cc(C(C)(C)C)c(C(C)(C)c2cccc(C(C)(C)C)c2C(C)(C)C)cc1C(C)(C)C. The minimum absolute atomic E-state index is 0.0482. The van der Waals surface area contributed by atoms with E-state index in [1.807, 2.05) is 0 Å². The van der Waals surface area contributed by atoms with Crippen molar-refractivity contribution < 1.29 is 0 Å². The lowest BCUT2D eigenvalue weighted by Crippen LogP contribution is -2.33. The van der Waals surface area contributed by atoms with Crippen LogP contribution in [0.25, 0.3) is 0 Å². The Bertz CT molecular complexity index is 1060. The first-order chi connectivity index (χ1) is 15.3. The van der Waals surface area contributed by atoms with Gasteiger partial charge in [-0.1, -0.05) is 148 Å². The van der Waals surface area contributed by atoms with Crippen LogP contribution in [0.1, 0.15) is 157 Å². The molecule has 0 fully saturated rings. The summed E-state index contributed by atoms with van der Waals surface area (Å²) in [5, 5.41) is 0. The van der Waals surface area contributed by atoms with Crippen molar-refractivity contribution in [2.24, 2.45) is 0 Å². The standard InChI is InChI=1S/C35H56/c1-30(2,3)23-19-18-20-24(29(23)34(13,14)15)35(16,17)28-22-26(32(7,8)9)25(31(4,5)6)21-27(28)33(10,11)12/h18-22H,1-17H3. The number of hydrogen-bond donors (Lipinski definition) is 0. The van der Waals surface area contributed by atoms with Crippen LogP contribution >= 0.6 is 0 Å². The molecule has 0 atom stereocenters. The maximum Gasteiger partial charge on any atom is 0.0152 e. The lowest BCUT2D eigenvalue weighted by molar-refractivity contribution is 0.492. The molecule has 0 bridgehead atoms. The highest BCUT2D eigenvalue weighted by Crippen LogP contribution is 2.48. The predicted molar refractivity (Wildman–Crippen MR) is 159 cm³/mol. The summed E-state index contributed by atoms with van der Waals surface area (Å²) in [5.41, 5.74) is 10.6. The Morgan fingerprint density at radius 1 is 0.343 bits per heavy atom. The van der Waals surface area contributed by atoms with Crippen LogP contribution in [0.3, 0.4) is 0 Å². The molecule has 0 amide bonds. The van der Waals surface area contributed by atoms with Crippen molar-refractivity contribution in [2.45, 2.75) is 150 Å². The molecule has 0 spiro atoms. The summed E-state index contributed by atoms with van der Waals surface area (Å²) in [4.78, 5) is 0. The minimum Gasteiger partial charge on any atom is -0.0616 e. The Balaban J connectivity index is 3.11. The van der Waals surface area contributed by atoms with Gasteiger partial charge in [-0.3, -0.25) is 0 Å². The third-order valence-corrected chi connectivity index (χ3v) is 7.55. The normalized spacial score (nSPS) is 14.4. The number of rotatable bonds is 2. The summed E-state index contributed by atoms with van der Waals surface area (Å²) in [6.07, 6.45) is 0. The third-order valence-electron chi connectivity index (χ3n) is 7.55. The van der Waals surface area contributed by atoms with Crippen molar-refractivity contribution in [3.63, 3.8) is 0 Å². The maximum absolute atomic E-state index is 2.58. The summed E-state index contributed by atoms with van der Waals surface area (Å²) < 4.78 is 0. The summed E-state index contributed by atoms with van der Waals surface area (Å²) in [6.45, 7) is 40.4. The molecule has 2 aromatic carbocycles. The molecular formula is C35H56. The van der Waals surface area contributed by atoms with Gasteiger partial charge in [-0.05, 0) is 66.0 Å². The van der Waals surface area contributed by atoms with Gasteiger partial charge in [0.1, 0.15) is 0 Å². The molecule has 0 aliphatic heterocycles. The average Bonchev–Trinajstić information content (AvgIpc) is 2.62. The lowest BCUT2D eigenvalue weighted by Gasteiger charge is -2.41. The predicted octanol–water partition coefficient (Wildman–Crippen LogP) is 10.5. The summed E-state index contributed by atoms with van der Waals surface area (Å²) in [6, 6.07) is 12.2. The molecule has 0 nitrogen and oxygen atoms in total. The van der Waals surface area contributed by atoms with Crippen molar-refractivity contribution in [3.05, 3.63) is 69.3 Å². The zero-order chi connectivity index (χ0) is 27.6.